The van der Waals surface area contributed by atoms with E-state index in [0.29, 0.717) is 0 Å². The predicted octanol–water partition coefficient (Wildman–Crippen LogP) is -2.67. The minimum atomic E-state index is -1.24. The summed E-state index contributed by atoms with van der Waals surface area (Å²) in [5.41, 5.74) is -1.82. The summed E-state index contributed by atoms with van der Waals surface area (Å²) in [6, 6.07) is 0.919. The molecule has 9 nitrogen and oxygen atoms in total. The first-order valence-corrected chi connectivity index (χ1v) is 5.54. The smallest absolute Gasteiger partial charge is 0.355 e. The van der Waals surface area contributed by atoms with Crippen LogP contribution in [0.1, 0.15) is 16.7 Å². The molecule has 1 fully saturated rings. The van der Waals surface area contributed by atoms with Crippen molar-refractivity contribution >= 4 is 5.97 Å². The van der Waals surface area contributed by atoms with E-state index in [0.717, 1.165) is 10.6 Å². The number of aliphatic hydroxyl groups excluding tert-OH is 2. The fraction of sp³-hybridized carbons (Fsp3) is 0.500. The molecule has 0 amide bonds. The standard InChI is InChI=1S/C10H10N2O7/c13-2-4-6(15)7-8(18-4)12-3(9(16)19-7)1-5(14)11-10(12)17/h1,4,6-8,13,15H,2H2,(H,11,14,17)/t4-,6+,7-,8-/m0/s1. The highest BCUT2D eigenvalue weighted by molar-refractivity contribution is 5.88. The second-order valence-electron chi connectivity index (χ2n) is 4.30. The van der Waals surface area contributed by atoms with Crippen LogP contribution >= 0.6 is 0 Å². The van der Waals surface area contributed by atoms with Crippen LogP contribution in [0.5, 0.6) is 0 Å². The zero-order valence-electron chi connectivity index (χ0n) is 9.48. The van der Waals surface area contributed by atoms with Gasteiger partial charge in [0.05, 0.1) is 6.61 Å². The Morgan fingerprint density at radius 1 is 1.37 bits per heavy atom. The lowest BCUT2D eigenvalue weighted by Crippen LogP contribution is -2.47. The normalized spacial score (nSPS) is 32.6. The van der Waals surface area contributed by atoms with Crippen LogP contribution in [0.2, 0.25) is 0 Å². The van der Waals surface area contributed by atoms with Crippen LogP contribution in [0.15, 0.2) is 15.7 Å². The highest BCUT2D eigenvalue weighted by Crippen LogP contribution is 2.34. The molecule has 0 saturated carbocycles. The Morgan fingerprint density at radius 3 is 2.79 bits per heavy atom. The van der Waals surface area contributed by atoms with E-state index in [-0.39, 0.29) is 5.69 Å². The minimum absolute atomic E-state index is 0.249. The van der Waals surface area contributed by atoms with Crippen molar-refractivity contribution in [3.63, 3.8) is 0 Å². The van der Waals surface area contributed by atoms with Crippen molar-refractivity contribution in [2.24, 2.45) is 0 Å². The monoisotopic (exact) mass is 270 g/mol. The van der Waals surface area contributed by atoms with E-state index >= 15 is 0 Å². The summed E-state index contributed by atoms with van der Waals surface area (Å²) in [6.45, 7) is -0.487. The quantitative estimate of drug-likeness (QED) is 0.474. The Balaban J connectivity index is 2.17. The molecule has 19 heavy (non-hydrogen) atoms. The Bertz CT molecular complexity index is 648. The number of ether oxygens (including phenoxy) is 2. The number of hydrogen-bond donors (Lipinski definition) is 3. The van der Waals surface area contributed by atoms with E-state index in [1.807, 2.05) is 4.98 Å². The molecule has 3 heterocycles. The summed E-state index contributed by atoms with van der Waals surface area (Å²) >= 11 is 0. The maximum atomic E-state index is 11.8. The van der Waals surface area contributed by atoms with Gasteiger partial charge in [0, 0.05) is 6.07 Å². The number of H-pyrrole nitrogens is 1. The maximum absolute atomic E-state index is 11.8. The number of aliphatic hydroxyl groups is 2. The molecule has 3 N–H and O–H groups in total. The van der Waals surface area contributed by atoms with Gasteiger partial charge < -0.3 is 19.7 Å². The van der Waals surface area contributed by atoms with E-state index in [2.05, 4.69) is 0 Å². The van der Waals surface area contributed by atoms with E-state index in [1.165, 1.54) is 0 Å². The molecule has 2 aliphatic rings. The van der Waals surface area contributed by atoms with E-state index in [1.54, 1.807) is 0 Å². The van der Waals surface area contributed by atoms with Gasteiger partial charge in [0.25, 0.3) is 5.56 Å². The number of carbonyl (C=O) groups is 1. The highest BCUT2D eigenvalue weighted by Gasteiger charge is 2.51. The van der Waals surface area contributed by atoms with Crippen molar-refractivity contribution in [1.82, 2.24) is 9.55 Å². The lowest BCUT2D eigenvalue weighted by Gasteiger charge is -2.28. The summed E-state index contributed by atoms with van der Waals surface area (Å²) in [5.74, 6) is -0.898. The number of nitrogens with zero attached hydrogens (tertiary/aromatic N) is 1. The summed E-state index contributed by atoms with van der Waals surface area (Å²) in [4.78, 5) is 36.6. The van der Waals surface area contributed by atoms with E-state index in [9.17, 15) is 19.5 Å². The summed E-state index contributed by atoms with van der Waals surface area (Å²) in [6.07, 6.45) is -4.37. The largest absolute Gasteiger partial charge is 0.450 e. The number of aromatic amines is 1. The average Bonchev–Trinajstić information content (AvgIpc) is 2.66. The predicted molar refractivity (Wildman–Crippen MR) is 57.5 cm³/mol. The van der Waals surface area contributed by atoms with Gasteiger partial charge in [-0.3, -0.25) is 14.3 Å². The molecule has 0 spiro atoms. The van der Waals surface area contributed by atoms with Crippen molar-refractivity contribution < 1.29 is 24.5 Å². The molecule has 4 atom stereocenters. The lowest BCUT2D eigenvalue weighted by atomic mass is 10.1. The minimum Gasteiger partial charge on any atom is -0.450 e. The second-order valence-corrected chi connectivity index (χ2v) is 4.30. The number of carbonyl (C=O) groups excluding carboxylic acids is 1. The Morgan fingerprint density at radius 2 is 2.11 bits per heavy atom. The third-order valence-corrected chi connectivity index (χ3v) is 3.18. The molecule has 0 aliphatic carbocycles. The van der Waals surface area contributed by atoms with Crippen LogP contribution in [0.25, 0.3) is 0 Å². The number of hydrogen-bond acceptors (Lipinski definition) is 7. The van der Waals surface area contributed by atoms with Crippen LogP contribution in [0, 0.1) is 0 Å². The number of rotatable bonds is 1. The molecule has 1 aromatic rings. The van der Waals surface area contributed by atoms with Crippen LogP contribution in [-0.2, 0) is 9.47 Å². The first-order chi connectivity index (χ1) is 9.02. The number of aromatic nitrogens is 2. The molecular formula is C10H10N2O7. The third kappa shape index (κ3) is 1.63. The first-order valence-electron chi connectivity index (χ1n) is 5.54. The average molecular weight is 270 g/mol. The SMILES string of the molecule is O=C1O[C@H]2[C@H](O)[C@H](CO)O[C@@H]2n2c1cc(=O)[nH]c2=O. The number of esters is 1. The van der Waals surface area contributed by atoms with Gasteiger partial charge in [-0.15, -0.1) is 0 Å². The van der Waals surface area contributed by atoms with Crippen molar-refractivity contribution in [1.29, 1.82) is 0 Å². The van der Waals surface area contributed by atoms with Crippen molar-refractivity contribution in [2.75, 3.05) is 6.61 Å². The molecule has 0 bridgehead atoms. The van der Waals surface area contributed by atoms with E-state index < -0.39 is 48.4 Å². The Hall–Kier alpha value is -1.97. The summed E-state index contributed by atoms with van der Waals surface area (Å²) in [7, 11) is 0. The molecule has 9 heteroatoms. The second kappa shape index (κ2) is 4.02. The molecule has 3 rings (SSSR count). The van der Waals surface area contributed by atoms with Crippen LogP contribution in [-0.4, -0.2) is 50.7 Å². The summed E-state index contributed by atoms with van der Waals surface area (Å²) < 4.78 is 11.2. The van der Waals surface area contributed by atoms with Gasteiger partial charge >= 0.3 is 11.7 Å². The van der Waals surface area contributed by atoms with Gasteiger partial charge in [0.2, 0.25) is 0 Å². The Labute approximate surface area is 105 Å². The van der Waals surface area contributed by atoms with Crippen LogP contribution in [0.4, 0.5) is 0 Å². The van der Waals surface area contributed by atoms with Crippen molar-refractivity contribution in [3.8, 4) is 0 Å². The summed E-state index contributed by atoms with van der Waals surface area (Å²) in [5, 5.41) is 18.9. The highest BCUT2D eigenvalue weighted by atomic mass is 16.6. The topological polar surface area (TPSA) is 131 Å². The fourth-order valence-electron chi connectivity index (χ4n) is 2.30. The van der Waals surface area contributed by atoms with Gasteiger partial charge in [-0.1, -0.05) is 0 Å². The van der Waals surface area contributed by atoms with Crippen molar-refractivity contribution in [2.45, 2.75) is 24.5 Å². The molecule has 2 aliphatic heterocycles. The van der Waals surface area contributed by atoms with Crippen LogP contribution < -0.4 is 11.2 Å². The number of fused-ring (bicyclic) bond motifs is 3. The van der Waals surface area contributed by atoms with Gasteiger partial charge in [-0.25, -0.2) is 9.59 Å². The van der Waals surface area contributed by atoms with Gasteiger partial charge in [0.15, 0.2) is 12.3 Å². The fourth-order valence-corrected chi connectivity index (χ4v) is 2.30. The van der Waals surface area contributed by atoms with Gasteiger partial charge in [-0.05, 0) is 0 Å². The molecule has 102 valence electrons. The van der Waals surface area contributed by atoms with Gasteiger partial charge in [0.1, 0.15) is 17.9 Å². The van der Waals surface area contributed by atoms with E-state index in [4.69, 9.17) is 14.6 Å². The first kappa shape index (κ1) is 12.1. The van der Waals surface area contributed by atoms with Crippen LogP contribution in [0.3, 0.4) is 0 Å². The zero-order valence-corrected chi connectivity index (χ0v) is 9.48. The molecule has 0 unspecified atom stereocenters. The molecular weight excluding hydrogens is 260 g/mol. The zero-order chi connectivity index (χ0) is 13.7. The van der Waals surface area contributed by atoms with Crippen molar-refractivity contribution in [3.05, 3.63) is 32.6 Å². The van der Waals surface area contributed by atoms with Gasteiger partial charge in [-0.2, -0.15) is 0 Å². The molecule has 0 aromatic carbocycles. The number of nitrogens with one attached hydrogen (secondary N) is 1. The third-order valence-electron chi connectivity index (χ3n) is 3.18. The molecule has 1 saturated heterocycles. The molecule has 1 aromatic heterocycles. The molecule has 0 radical (unpaired) electrons. The lowest BCUT2D eigenvalue weighted by molar-refractivity contribution is -0.0733. The maximum Gasteiger partial charge on any atom is 0.355 e. The Kier molecular flexibility index (Phi) is 2.55.